The van der Waals surface area contributed by atoms with E-state index in [9.17, 15) is 22.0 Å². The van der Waals surface area contributed by atoms with E-state index >= 15 is 0 Å². The number of nitrogens with zero attached hydrogens (tertiary/aromatic N) is 4. The summed E-state index contributed by atoms with van der Waals surface area (Å²) in [6.45, 7) is 2.66. The number of rotatable bonds is 5. The Hall–Kier alpha value is -2.33. The number of hydrogen-bond acceptors (Lipinski definition) is 5. The zero-order valence-electron chi connectivity index (χ0n) is 16.8. The van der Waals surface area contributed by atoms with E-state index < -0.39 is 21.5 Å². The van der Waals surface area contributed by atoms with Crippen molar-refractivity contribution in [3.05, 3.63) is 46.8 Å². The van der Waals surface area contributed by atoms with Gasteiger partial charge in [0.15, 0.2) is 17.3 Å². The summed E-state index contributed by atoms with van der Waals surface area (Å²) in [5.74, 6) is -1.94. The van der Waals surface area contributed by atoms with Crippen LogP contribution in [0.25, 0.3) is 5.69 Å². The van der Waals surface area contributed by atoms with Crippen LogP contribution in [-0.4, -0.2) is 78.6 Å². The summed E-state index contributed by atoms with van der Waals surface area (Å²) < 4.78 is 51.3. The molecule has 2 aliphatic rings. The summed E-state index contributed by atoms with van der Waals surface area (Å²) in [4.78, 5) is 16.9. The smallest absolute Gasteiger partial charge is 0.274 e. The lowest BCUT2D eigenvalue weighted by atomic mass is 10.1. The Morgan fingerprint density at radius 2 is 1.83 bits per heavy atom. The van der Waals surface area contributed by atoms with Crippen LogP contribution in [0.1, 0.15) is 28.2 Å². The molecule has 2 heterocycles. The second-order valence-electron chi connectivity index (χ2n) is 7.90. The molecule has 1 aromatic carbocycles. The number of fused-ring (bicyclic) bond motifs is 1. The molecule has 7 nitrogen and oxygen atoms in total. The summed E-state index contributed by atoms with van der Waals surface area (Å²) in [6.07, 6.45) is 3.56. The number of sulfone groups is 1. The molecule has 0 saturated carbocycles. The summed E-state index contributed by atoms with van der Waals surface area (Å²) in [5.41, 5.74) is 2.52. The Morgan fingerprint density at radius 3 is 2.50 bits per heavy atom. The van der Waals surface area contributed by atoms with Crippen molar-refractivity contribution in [1.29, 1.82) is 0 Å². The molecule has 0 radical (unpaired) electrons. The van der Waals surface area contributed by atoms with E-state index in [1.807, 2.05) is 4.90 Å². The molecule has 0 unspecified atom stereocenters. The fraction of sp³-hybridized carbons (Fsp3) is 0.500. The Kier molecular flexibility index (Phi) is 5.63. The molecule has 30 heavy (non-hydrogen) atoms. The molecular weight excluding hydrogens is 414 g/mol. The number of piperazine rings is 1. The van der Waals surface area contributed by atoms with Crippen molar-refractivity contribution in [3.63, 3.8) is 0 Å². The van der Waals surface area contributed by atoms with Crippen molar-refractivity contribution in [3.8, 4) is 5.69 Å². The number of carbonyl (C=O) groups is 1. The van der Waals surface area contributed by atoms with E-state index in [1.165, 1.54) is 12.3 Å². The molecular formula is C20H24F2N4O3S. The zero-order chi connectivity index (χ0) is 21.5. The molecule has 10 heteroatoms. The molecule has 0 N–H and O–H groups in total. The van der Waals surface area contributed by atoms with Crippen molar-refractivity contribution in [2.45, 2.75) is 19.3 Å². The minimum atomic E-state index is -3.02. The molecule has 1 aliphatic carbocycles. The molecule has 1 fully saturated rings. The molecule has 4 rings (SSSR count). The molecule has 1 saturated heterocycles. The second kappa shape index (κ2) is 8.07. The minimum absolute atomic E-state index is 0.104. The molecule has 2 aromatic rings. The van der Waals surface area contributed by atoms with Gasteiger partial charge < -0.3 is 4.90 Å². The molecule has 0 bridgehead atoms. The number of amides is 1. The van der Waals surface area contributed by atoms with Crippen LogP contribution in [0.4, 0.5) is 8.78 Å². The predicted molar refractivity (Wildman–Crippen MR) is 108 cm³/mol. The number of hydrogen-bond donors (Lipinski definition) is 0. The van der Waals surface area contributed by atoms with Crippen molar-refractivity contribution in [2.75, 3.05) is 44.7 Å². The first kappa shape index (κ1) is 20.9. The molecule has 0 atom stereocenters. The average Bonchev–Trinajstić information content (AvgIpc) is 3.31. The van der Waals surface area contributed by atoms with Gasteiger partial charge in [-0.05, 0) is 31.4 Å². The van der Waals surface area contributed by atoms with Gasteiger partial charge in [-0.1, -0.05) is 0 Å². The van der Waals surface area contributed by atoms with Gasteiger partial charge in [0.2, 0.25) is 0 Å². The summed E-state index contributed by atoms with van der Waals surface area (Å²) >= 11 is 0. The van der Waals surface area contributed by atoms with Gasteiger partial charge in [0.25, 0.3) is 5.91 Å². The second-order valence-corrected chi connectivity index (χ2v) is 10.2. The lowest BCUT2D eigenvalue weighted by molar-refractivity contribution is 0.0636. The maximum Gasteiger partial charge on any atom is 0.274 e. The van der Waals surface area contributed by atoms with E-state index in [-0.39, 0.29) is 11.7 Å². The molecule has 1 amide bonds. The first-order valence-electron chi connectivity index (χ1n) is 9.98. The average molecular weight is 439 g/mol. The van der Waals surface area contributed by atoms with Crippen LogP contribution in [-0.2, 0) is 22.7 Å². The highest BCUT2D eigenvalue weighted by atomic mass is 32.2. The first-order valence-corrected chi connectivity index (χ1v) is 12.0. The van der Waals surface area contributed by atoms with Gasteiger partial charge in [-0.15, -0.1) is 0 Å². The van der Waals surface area contributed by atoms with Crippen molar-refractivity contribution in [2.24, 2.45) is 0 Å². The van der Waals surface area contributed by atoms with Crippen molar-refractivity contribution < 1.29 is 22.0 Å². The lowest BCUT2D eigenvalue weighted by Gasteiger charge is -2.34. The van der Waals surface area contributed by atoms with Gasteiger partial charge >= 0.3 is 0 Å². The van der Waals surface area contributed by atoms with Crippen LogP contribution in [0.5, 0.6) is 0 Å². The van der Waals surface area contributed by atoms with Gasteiger partial charge in [-0.3, -0.25) is 9.69 Å². The van der Waals surface area contributed by atoms with Crippen LogP contribution >= 0.6 is 0 Å². The fourth-order valence-electron chi connectivity index (χ4n) is 4.06. The van der Waals surface area contributed by atoms with Crippen molar-refractivity contribution in [1.82, 2.24) is 19.6 Å². The summed E-state index contributed by atoms with van der Waals surface area (Å²) in [5, 5.41) is 4.48. The monoisotopic (exact) mass is 438 g/mol. The third-order valence-corrected chi connectivity index (χ3v) is 6.64. The van der Waals surface area contributed by atoms with E-state index in [0.29, 0.717) is 44.1 Å². The highest BCUT2D eigenvalue weighted by Gasteiger charge is 2.31. The third kappa shape index (κ3) is 4.24. The standard InChI is InChI=1S/C20H24F2N4O3S/c1-30(28,29)12-11-24-7-9-25(10-8-24)20(27)19-15-3-2-4-18(15)26(23-19)14-5-6-16(21)17(22)13-14/h5-6,13H,2-4,7-12H2,1H3. The van der Waals surface area contributed by atoms with E-state index in [2.05, 4.69) is 5.10 Å². The van der Waals surface area contributed by atoms with E-state index in [4.69, 9.17) is 0 Å². The Morgan fingerprint density at radius 1 is 1.10 bits per heavy atom. The quantitative estimate of drug-likeness (QED) is 0.706. The third-order valence-electron chi connectivity index (χ3n) is 5.72. The molecule has 1 aromatic heterocycles. The maximum atomic E-state index is 13.7. The number of halogens is 2. The van der Waals surface area contributed by atoms with Gasteiger partial charge in [-0.2, -0.15) is 5.10 Å². The molecule has 162 valence electrons. The summed E-state index contributed by atoms with van der Waals surface area (Å²) in [7, 11) is -3.02. The van der Waals surface area contributed by atoms with Gasteiger partial charge in [-0.25, -0.2) is 21.9 Å². The van der Waals surface area contributed by atoms with Gasteiger partial charge in [0.1, 0.15) is 9.84 Å². The number of benzene rings is 1. The number of aromatic nitrogens is 2. The summed E-state index contributed by atoms with van der Waals surface area (Å²) in [6, 6.07) is 3.61. The highest BCUT2D eigenvalue weighted by Crippen LogP contribution is 2.29. The zero-order valence-corrected chi connectivity index (χ0v) is 17.6. The van der Waals surface area contributed by atoms with Crippen LogP contribution < -0.4 is 0 Å². The topological polar surface area (TPSA) is 75.5 Å². The predicted octanol–water partition coefficient (Wildman–Crippen LogP) is 1.44. The Labute approximate surface area is 174 Å². The molecule has 1 aliphatic heterocycles. The normalized spacial score (nSPS) is 17.4. The minimum Gasteiger partial charge on any atom is -0.335 e. The fourth-order valence-corrected chi connectivity index (χ4v) is 4.65. The van der Waals surface area contributed by atoms with Crippen LogP contribution in [0.15, 0.2) is 18.2 Å². The number of carbonyl (C=O) groups excluding carboxylic acids is 1. The Bertz CT molecular complexity index is 1080. The lowest BCUT2D eigenvalue weighted by Crippen LogP contribution is -2.49. The SMILES string of the molecule is CS(=O)(=O)CCN1CCN(C(=O)c2nn(-c3ccc(F)c(F)c3)c3c2CCC3)CC1. The van der Waals surface area contributed by atoms with Gasteiger partial charge in [0.05, 0.1) is 11.4 Å². The van der Waals surface area contributed by atoms with E-state index in [1.54, 1.807) is 9.58 Å². The van der Waals surface area contributed by atoms with Crippen molar-refractivity contribution >= 4 is 15.7 Å². The van der Waals surface area contributed by atoms with Crippen LogP contribution in [0, 0.1) is 11.6 Å². The van der Waals surface area contributed by atoms with E-state index in [0.717, 1.165) is 42.7 Å². The highest BCUT2D eigenvalue weighted by molar-refractivity contribution is 7.90. The Balaban J connectivity index is 1.51. The largest absolute Gasteiger partial charge is 0.335 e. The first-order chi connectivity index (χ1) is 14.2. The molecule has 0 spiro atoms. The van der Waals surface area contributed by atoms with Crippen LogP contribution in [0.2, 0.25) is 0 Å². The maximum absolute atomic E-state index is 13.7. The van der Waals surface area contributed by atoms with Gasteiger partial charge in [0, 0.05) is 56.3 Å². The van der Waals surface area contributed by atoms with Crippen LogP contribution in [0.3, 0.4) is 0 Å².